The largest absolute Gasteiger partial charge is 0.508 e. The number of esters is 1. The summed E-state index contributed by atoms with van der Waals surface area (Å²) in [5, 5.41) is 0. The second-order valence-corrected chi connectivity index (χ2v) is 14.7. The van der Waals surface area contributed by atoms with E-state index in [1.807, 2.05) is 78.9 Å². The first-order chi connectivity index (χ1) is 27.3. The van der Waals surface area contributed by atoms with E-state index in [4.69, 9.17) is 23.7 Å². The number of hydrogen-bond acceptors (Lipinski definition) is 10. The number of carbonyl (C=O) groups excluding carboxylic acids is 4. The molecule has 8 rings (SSSR count). The summed E-state index contributed by atoms with van der Waals surface area (Å²) in [6, 6.07) is 35.8. The van der Waals surface area contributed by atoms with Gasteiger partial charge < -0.3 is 23.7 Å². The topological polar surface area (TPSA) is 118 Å². The van der Waals surface area contributed by atoms with Gasteiger partial charge >= 0.3 is 12.1 Å². The van der Waals surface area contributed by atoms with Gasteiger partial charge in [-0.2, -0.15) is 0 Å². The number of thioether (sulfide) groups is 1. The molecule has 2 aliphatic heterocycles. The minimum Gasteiger partial charge on any atom is -0.456 e. The Balaban J connectivity index is 1.13. The van der Waals surface area contributed by atoms with Crippen LogP contribution in [0, 0.1) is 5.82 Å². The van der Waals surface area contributed by atoms with Crippen molar-refractivity contribution in [2.45, 2.75) is 54.1 Å². The number of nitrogens with zero attached hydrogens (tertiary/aromatic N) is 1. The monoisotopic (exact) mass is 773 g/mol. The Morgan fingerprint density at radius 1 is 0.696 bits per heavy atom. The summed E-state index contributed by atoms with van der Waals surface area (Å²) in [5.74, 6) is -2.76. The van der Waals surface area contributed by atoms with E-state index >= 15 is 0 Å². The highest BCUT2D eigenvalue weighted by atomic mass is 32.2. The maximum absolute atomic E-state index is 14.1. The van der Waals surface area contributed by atoms with Crippen molar-refractivity contribution >= 4 is 35.7 Å². The van der Waals surface area contributed by atoms with Crippen LogP contribution in [0.1, 0.15) is 50.2 Å². The molecule has 0 bridgehead atoms. The molecule has 1 aliphatic carbocycles. The quantitative estimate of drug-likeness (QED) is 0.0973. The second kappa shape index (κ2) is 16.1. The van der Waals surface area contributed by atoms with Crippen LogP contribution >= 0.6 is 11.8 Å². The Hall–Kier alpha value is -5.82. The van der Waals surface area contributed by atoms with Gasteiger partial charge in [0.2, 0.25) is 0 Å². The molecule has 0 radical (unpaired) electrons. The number of ether oxygens (including phenoxy) is 5. The van der Waals surface area contributed by atoms with Crippen LogP contribution in [0.15, 0.2) is 132 Å². The summed E-state index contributed by atoms with van der Waals surface area (Å²) < 4.78 is 44.6. The molecule has 56 heavy (non-hydrogen) atoms. The Kier molecular flexibility index (Phi) is 10.7. The Labute approximate surface area is 326 Å². The minimum atomic E-state index is -1.44. The first-order valence-corrected chi connectivity index (χ1v) is 19.0. The van der Waals surface area contributed by atoms with E-state index in [0.717, 1.165) is 44.5 Å². The standard InChI is InChI=1S/C44H36FNO9S/c1-26(47)53-40-38(46-41(48)34-17-9-10-18-35(34)42(46)49)43(56-29-21-19-28(45)20-22-29)54-37(25-51-23-27-11-3-2-4-12-27)39(40)55-44(50)52-24-36-32-15-7-5-13-30(32)31-14-6-8-16-33(31)36/h2-22,36-40,43H,23-25H2,1H3/t37-,38-,39-,40-,43+/m1/s1. The van der Waals surface area contributed by atoms with Gasteiger partial charge in [-0.15, -0.1) is 0 Å². The van der Waals surface area contributed by atoms with Crippen molar-refractivity contribution in [1.29, 1.82) is 0 Å². The van der Waals surface area contributed by atoms with Gasteiger partial charge in [-0.3, -0.25) is 19.3 Å². The fraction of sp³-hybridized carbons (Fsp3) is 0.227. The number of rotatable bonds is 11. The summed E-state index contributed by atoms with van der Waals surface area (Å²) in [6.45, 7) is 1.15. The molecule has 5 atom stereocenters. The normalized spacial score (nSPS) is 21.2. The Bertz CT molecular complexity index is 2190. The molecule has 0 N–H and O–H groups in total. The third-order valence-electron chi connectivity index (χ3n) is 10.1. The van der Waals surface area contributed by atoms with Gasteiger partial charge in [-0.05, 0) is 64.2 Å². The summed E-state index contributed by atoms with van der Waals surface area (Å²) in [7, 11) is 0. The van der Waals surface area contributed by atoms with Gasteiger partial charge in [-0.25, -0.2) is 9.18 Å². The number of fused-ring (bicyclic) bond motifs is 4. The Morgan fingerprint density at radius 3 is 1.88 bits per heavy atom. The maximum Gasteiger partial charge on any atom is 0.508 e. The van der Waals surface area contributed by atoms with Gasteiger partial charge in [-0.1, -0.05) is 103 Å². The second-order valence-electron chi connectivity index (χ2n) is 13.6. The van der Waals surface area contributed by atoms with Crippen molar-refractivity contribution in [2.24, 2.45) is 0 Å². The predicted molar refractivity (Wildman–Crippen MR) is 203 cm³/mol. The molecule has 284 valence electrons. The molecule has 1 fully saturated rings. The van der Waals surface area contributed by atoms with Gasteiger partial charge in [0, 0.05) is 17.7 Å². The SMILES string of the molecule is CC(=O)O[C@H]1[C@H](OC(=O)OCC2c3ccccc3-c3ccccc32)[C@@H](COCc2ccccc2)O[C@@H](Sc2ccc(F)cc2)[C@@H]1N1C(=O)c2ccccc2C1=O. The fourth-order valence-corrected chi connectivity index (χ4v) is 8.77. The van der Waals surface area contributed by atoms with Crippen molar-refractivity contribution in [1.82, 2.24) is 4.90 Å². The van der Waals surface area contributed by atoms with E-state index in [-0.39, 0.29) is 36.9 Å². The molecule has 5 aromatic rings. The van der Waals surface area contributed by atoms with E-state index in [0.29, 0.717) is 4.90 Å². The number of halogens is 1. The number of imide groups is 1. The third kappa shape index (κ3) is 7.43. The van der Waals surface area contributed by atoms with E-state index < -0.39 is 59.5 Å². The minimum absolute atomic E-state index is 0.0568. The van der Waals surface area contributed by atoms with Crippen LogP contribution in [0.2, 0.25) is 0 Å². The molecule has 12 heteroatoms. The summed E-state index contributed by atoms with van der Waals surface area (Å²) in [4.78, 5) is 56.4. The van der Waals surface area contributed by atoms with Gasteiger partial charge in [0.15, 0.2) is 12.2 Å². The van der Waals surface area contributed by atoms with Gasteiger partial charge in [0.05, 0.1) is 24.3 Å². The summed E-state index contributed by atoms with van der Waals surface area (Å²) >= 11 is 1.10. The van der Waals surface area contributed by atoms with Crippen molar-refractivity contribution < 1.29 is 47.3 Å². The van der Waals surface area contributed by atoms with Crippen LogP contribution in [0.4, 0.5) is 9.18 Å². The Morgan fingerprint density at radius 2 is 1.27 bits per heavy atom. The van der Waals surface area contributed by atoms with Crippen molar-refractivity contribution in [3.8, 4) is 11.1 Å². The van der Waals surface area contributed by atoms with Crippen LogP contribution in [0.5, 0.6) is 0 Å². The van der Waals surface area contributed by atoms with Crippen LogP contribution in [-0.4, -0.2) is 71.8 Å². The molecule has 0 spiro atoms. The highest BCUT2D eigenvalue weighted by Crippen LogP contribution is 2.45. The van der Waals surface area contributed by atoms with Gasteiger partial charge in [0.25, 0.3) is 11.8 Å². The zero-order chi connectivity index (χ0) is 38.8. The van der Waals surface area contributed by atoms with Crippen molar-refractivity contribution in [2.75, 3.05) is 13.2 Å². The number of hydrogen-bond donors (Lipinski definition) is 0. The molecule has 10 nitrogen and oxygen atoms in total. The molecule has 2 heterocycles. The molecule has 1 saturated heterocycles. The van der Waals surface area contributed by atoms with Crippen molar-refractivity contribution in [3.05, 3.63) is 161 Å². The molecular weight excluding hydrogens is 738 g/mol. The average molecular weight is 774 g/mol. The van der Waals surface area contributed by atoms with E-state index in [1.165, 1.54) is 43.3 Å². The third-order valence-corrected chi connectivity index (χ3v) is 11.2. The molecule has 0 aromatic heterocycles. The van der Waals surface area contributed by atoms with Crippen LogP contribution in [-0.2, 0) is 35.1 Å². The molecule has 0 saturated carbocycles. The lowest BCUT2D eigenvalue weighted by molar-refractivity contribution is -0.208. The first-order valence-electron chi connectivity index (χ1n) is 18.1. The lowest BCUT2D eigenvalue weighted by atomic mass is 9.96. The number of carbonyl (C=O) groups is 4. The molecular formula is C44H36FNO9S. The number of benzene rings is 5. The van der Waals surface area contributed by atoms with Gasteiger partial charge in [0.1, 0.15) is 30.0 Å². The zero-order valence-electron chi connectivity index (χ0n) is 30.1. The smallest absolute Gasteiger partial charge is 0.456 e. The lowest BCUT2D eigenvalue weighted by Crippen LogP contribution is -2.66. The highest BCUT2D eigenvalue weighted by Gasteiger charge is 2.57. The van der Waals surface area contributed by atoms with Crippen LogP contribution in [0.3, 0.4) is 0 Å². The lowest BCUT2D eigenvalue weighted by Gasteiger charge is -2.47. The van der Waals surface area contributed by atoms with E-state index in [2.05, 4.69) is 0 Å². The molecule has 5 aromatic carbocycles. The predicted octanol–water partition coefficient (Wildman–Crippen LogP) is 7.79. The van der Waals surface area contributed by atoms with E-state index in [9.17, 15) is 23.6 Å². The average Bonchev–Trinajstić information content (AvgIpc) is 3.66. The van der Waals surface area contributed by atoms with Crippen molar-refractivity contribution in [3.63, 3.8) is 0 Å². The molecule has 0 unspecified atom stereocenters. The fourth-order valence-electron chi connectivity index (χ4n) is 7.59. The first kappa shape index (κ1) is 37.1. The zero-order valence-corrected chi connectivity index (χ0v) is 30.9. The van der Waals surface area contributed by atoms with E-state index in [1.54, 1.807) is 12.1 Å². The summed E-state index contributed by atoms with van der Waals surface area (Å²) in [6.07, 6.45) is -5.01. The van der Waals surface area contributed by atoms with Crippen LogP contribution in [0.25, 0.3) is 11.1 Å². The molecule has 3 aliphatic rings. The number of amides is 2. The van der Waals surface area contributed by atoms with Crippen LogP contribution < -0.4 is 0 Å². The summed E-state index contributed by atoms with van der Waals surface area (Å²) in [5.41, 5.74) is 4.18. The molecule has 2 amide bonds. The highest BCUT2D eigenvalue weighted by molar-refractivity contribution is 7.99. The maximum atomic E-state index is 14.1.